The van der Waals surface area contributed by atoms with Crippen LogP contribution in [0, 0.1) is 0 Å². The number of anilines is 1. The van der Waals surface area contributed by atoms with Gasteiger partial charge in [0.1, 0.15) is 4.88 Å². The Labute approximate surface area is 141 Å². The fourth-order valence-corrected chi connectivity index (χ4v) is 3.23. The second-order valence-electron chi connectivity index (χ2n) is 5.33. The summed E-state index contributed by atoms with van der Waals surface area (Å²) < 4.78 is 5.33. The van der Waals surface area contributed by atoms with Crippen LogP contribution in [0.1, 0.15) is 34.9 Å². The SMILES string of the molecule is O=C(Nc1ccsc1-c1nc(C2CC2)no1)c1ccccc1Cl. The highest BCUT2D eigenvalue weighted by molar-refractivity contribution is 7.14. The fourth-order valence-electron chi connectivity index (χ4n) is 2.24. The number of carbonyl (C=O) groups excluding carboxylic acids is 1. The molecule has 116 valence electrons. The van der Waals surface area contributed by atoms with Crippen molar-refractivity contribution in [2.24, 2.45) is 0 Å². The molecule has 0 radical (unpaired) electrons. The van der Waals surface area contributed by atoms with E-state index >= 15 is 0 Å². The molecule has 1 fully saturated rings. The lowest BCUT2D eigenvalue weighted by atomic mass is 10.2. The first kappa shape index (κ1) is 14.4. The van der Waals surface area contributed by atoms with Gasteiger partial charge < -0.3 is 9.84 Å². The topological polar surface area (TPSA) is 68.0 Å². The van der Waals surface area contributed by atoms with Crippen molar-refractivity contribution in [2.75, 3.05) is 5.32 Å². The minimum atomic E-state index is -0.266. The van der Waals surface area contributed by atoms with Gasteiger partial charge in [0.15, 0.2) is 5.82 Å². The van der Waals surface area contributed by atoms with Crippen molar-refractivity contribution < 1.29 is 9.32 Å². The number of halogens is 1. The molecule has 1 amide bonds. The summed E-state index contributed by atoms with van der Waals surface area (Å²) in [6, 6.07) is 8.74. The minimum absolute atomic E-state index is 0.266. The lowest BCUT2D eigenvalue weighted by Crippen LogP contribution is -2.12. The number of aromatic nitrogens is 2. The first-order valence-corrected chi connectivity index (χ1v) is 8.45. The Morgan fingerprint density at radius 2 is 2.13 bits per heavy atom. The van der Waals surface area contributed by atoms with E-state index in [0.29, 0.717) is 28.1 Å². The first-order valence-electron chi connectivity index (χ1n) is 7.19. The van der Waals surface area contributed by atoms with E-state index < -0.39 is 0 Å². The highest BCUT2D eigenvalue weighted by atomic mass is 35.5. The zero-order valence-corrected chi connectivity index (χ0v) is 13.5. The molecule has 1 N–H and O–H groups in total. The molecule has 23 heavy (non-hydrogen) atoms. The molecule has 2 aromatic heterocycles. The molecule has 1 aliphatic rings. The molecule has 0 atom stereocenters. The Hall–Kier alpha value is -2.18. The van der Waals surface area contributed by atoms with E-state index in [-0.39, 0.29) is 5.91 Å². The number of thiophene rings is 1. The second-order valence-corrected chi connectivity index (χ2v) is 6.65. The molecule has 7 heteroatoms. The number of hydrogen-bond donors (Lipinski definition) is 1. The predicted molar refractivity (Wildman–Crippen MR) is 89.0 cm³/mol. The summed E-state index contributed by atoms with van der Waals surface area (Å²) >= 11 is 7.51. The van der Waals surface area contributed by atoms with Crippen LogP contribution in [0.5, 0.6) is 0 Å². The summed E-state index contributed by atoms with van der Waals surface area (Å²) in [6.07, 6.45) is 2.22. The highest BCUT2D eigenvalue weighted by Gasteiger charge is 2.29. The van der Waals surface area contributed by atoms with Crippen LogP contribution < -0.4 is 5.32 Å². The number of carbonyl (C=O) groups is 1. The Kier molecular flexibility index (Phi) is 3.63. The van der Waals surface area contributed by atoms with Crippen LogP contribution in [0.25, 0.3) is 10.8 Å². The number of rotatable bonds is 4. The Balaban J connectivity index is 1.59. The molecule has 0 saturated heterocycles. The molecular weight excluding hydrogens is 334 g/mol. The normalized spacial score (nSPS) is 14.0. The minimum Gasteiger partial charge on any atom is -0.333 e. The van der Waals surface area contributed by atoms with Crippen LogP contribution in [0.3, 0.4) is 0 Å². The Bertz CT molecular complexity index is 870. The standard InChI is InChI=1S/C16H12ClN3O2S/c17-11-4-2-1-3-10(11)15(21)18-12-7-8-23-13(12)16-19-14(20-22-16)9-5-6-9/h1-4,7-9H,5-6H2,(H,18,21). The van der Waals surface area contributed by atoms with E-state index in [1.54, 1.807) is 24.3 Å². The molecule has 0 unspecified atom stereocenters. The number of benzene rings is 1. The van der Waals surface area contributed by atoms with E-state index in [2.05, 4.69) is 15.5 Å². The summed E-state index contributed by atoms with van der Waals surface area (Å²) in [6.45, 7) is 0. The van der Waals surface area contributed by atoms with Crippen molar-refractivity contribution in [3.8, 4) is 10.8 Å². The summed E-state index contributed by atoms with van der Waals surface area (Å²) in [5.41, 5.74) is 1.07. The van der Waals surface area contributed by atoms with Crippen molar-refractivity contribution in [3.05, 3.63) is 52.1 Å². The van der Waals surface area contributed by atoms with Gasteiger partial charge in [0, 0.05) is 5.92 Å². The smallest absolute Gasteiger partial charge is 0.270 e. The lowest BCUT2D eigenvalue weighted by Gasteiger charge is -2.06. The average Bonchev–Trinajstić information content (AvgIpc) is 3.10. The van der Waals surface area contributed by atoms with Crippen molar-refractivity contribution in [1.29, 1.82) is 0 Å². The first-order chi connectivity index (χ1) is 11.2. The predicted octanol–water partition coefficient (Wildman–Crippen LogP) is 4.58. The van der Waals surface area contributed by atoms with Gasteiger partial charge in [-0.1, -0.05) is 28.9 Å². The van der Waals surface area contributed by atoms with Crippen molar-refractivity contribution in [1.82, 2.24) is 10.1 Å². The Morgan fingerprint density at radius 3 is 2.91 bits per heavy atom. The van der Waals surface area contributed by atoms with E-state index in [0.717, 1.165) is 23.5 Å². The third-order valence-electron chi connectivity index (χ3n) is 3.61. The van der Waals surface area contributed by atoms with Gasteiger partial charge in [-0.3, -0.25) is 4.79 Å². The zero-order chi connectivity index (χ0) is 15.8. The molecule has 1 aliphatic carbocycles. The van der Waals surface area contributed by atoms with E-state index in [9.17, 15) is 4.79 Å². The van der Waals surface area contributed by atoms with E-state index in [1.165, 1.54) is 11.3 Å². The van der Waals surface area contributed by atoms with Gasteiger partial charge in [-0.25, -0.2) is 0 Å². The second kappa shape index (κ2) is 5.79. The molecule has 3 aromatic rings. The zero-order valence-electron chi connectivity index (χ0n) is 12.0. The molecule has 0 bridgehead atoms. The third-order valence-corrected chi connectivity index (χ3v) is 4.84. The van der Waals surface area contributed by atoms with Gasteiger partial charge in [0.05, 0.1) is 16.3 Å². The van der Waals surface area contributed by atoms with Gasteiger partial charge >= 0.3 is 0 Å². The van der Waals surface area contributed by atoms with E-state index in [4.69, 9.17) is 16.1 Å². The fraction of sp³-hybridized carbons (Fsp3) is 0.188. The maximum atomic E-state index is 12.4. The number of hydrogen-bond acceptors (Lipinski definition) is 5. The molecule has 1 aromatic carbocycles. The molecular formula is C16H12ClN3O2S. The van der Waals surface area contributed by atoms with Gasteiger partial charge in [-0.2, -0.15) is 4.98 Å². The van der Waals surface area contributed by atoms with Crippen LogP contribution in [-0.4, -0.2) is 16.0 Å². The quantitative estimate of drug-likeness (QED) is 0.751. The summed E-state index contributed by atoms with van der Waals surface area (Å²) in [5, 5.41) is 9.16. The average molecular weight is 346 g/mol. The summed E-state index contributed by atoms with van der Waals surface area (Å²) in [4.78, 5) is 17.6. The van der Waals surface area contributed by atoms with Gasteiger partial charge in [-0.05, 0) is 36.4 Å². The van der Waals surface area contributed by atoms with Crippen LogP contribution in [0.15, 0.2) is 40.2 Å². The van der Waals surface area contributed by atoms with Gasteiger partial charge in [-0.15, -0.1) is 11.3 Å². The molecule has 1 saturated carbocycles. The number of amides is 1. The largest absolute Gasteiger partial charge is 0.333 e. The van der Waals surface area contributed by atoms with Gasteiger partial charge in [0.25, 0.3) is 11.8 Å². The van der Waals surface area contributed by atoms with Crippen molar-refractivity contribution in [3.63, 3.8) is 0 Å². The molecule has 2 heterocycles. The van der Waals surface area contributed by atoms with E-state index in [1.807, 2.05) is 11.4 Å². The molecule has 5 nitrogen and oxygen atoms in total. The van der Waals surface area contributed by atoms with Crippen molar-refractivity contribution >= 4 is 34.5 Å². The maximum absolute atomic E-state index is 12.4. The van der Waals surface area contributed by atoms with Gasteiger partial charge in [0.2, 0.25) is 0 Å². The van der Waals surface area contributed by atoms with Crippen LogP contribution in [0.2, 0.25) is 5.02 Å². The van der Waals surface area contributed by atoms with Crippen LogP contribution in [0.4, 0.5) is 5.69 Å². The molecule has 0 aliphatic heterocycles. The summed E-state index contributed by atoms with van der Waals surface area (Å²) in [5.74, 6) is 1.35. The van der Waals surface area contributed by atoms with Crippen LogP contribution >= 0.6 is 22.9 Å². The van der Waals surface area contributed by atoms with Crippen molar-refractivity contribution in [2.45, 2.75) is 18.8 Å². The number of nitrogens with one attached hydrogen (secondary N) is 1. The number of nitrogens with zero attached hydrogens (tertiary/aromatic N) is 2. The summed E-state index contributed by atoms with van der Waals surface area (Å²) in [7, 11) is 0. The lowest BCUT2D eigenvalue weighted by molar-refractivity contribution is 0.102. The van der Waals surface area contributed by atoms with Crippen LogP contribution in [-0.2, 0) is 0 Å². The Morgan fingerprint density at radius 1 is 1.30 bits per heavy atom. The third kappa shape index (κ3) is 2.87. The highest BCUT2D eigenvalue weighted by Crippen LogP contribution is 2.40. The molecule has 0 spiro atoms. The molecule has 4 rings (SSSR count). The maximum Gasteiger partial charge on any atom is 0.270 e. The monoisotopic (exact) mass is 345 g/mol.